The van der Waals surface area contributed by atoms with Crippen molar-refractivity contribution in [3.05, 3.63) is 30.5 Å². The van der Waals surface area contributed by atoms with Crippen LogP contribution in [0.2, 0.25) is 0 Å². The number of rotatable bonds is 3. The number of hydrogen-bond donors (Lipinski definition) is 1. The maximum atomic E-state index is 11.8. The van der Waals surface area contributed by atoms with E-state index in [2.05, 4.69) is 9.82 Å². The Morgan fingerprint density at radius 1 is 1.21 bits per heavy atom. The molecule has 1 saturated heterocycles. The molecular weight excluding hydrogens is 330 g/mol. The minimum absolute atomic E-state index is 0.0546. The molecule has 1 fully saturated rings. The van der Waals surface area contributed by atoms with E-state index in [1.165, 1.54) is 0 Å². The zero-order valence-electron chi connectivity index (χ0n) is 13.1. The SMILES string of the molecule is O=S1(=O)CCn2ncc(-c3ccc(OC4CCOCC4)cc3)c2N1. The number of anilines is 1. The molecule has 1 aromatic carbocycles. The van der Waals surface area contributed by atoms with E-state index in [9.17, 15) is 8.42 Å². The van der Waals surface area contributed by atoms with Crippen molar-refractivity contribution in [3.63, 3.8) is 0 Å². The quantitative estimate of drug-likeness (QED) is 0.915. The van der Waals surface area contributed by atoms with Crippen LogP contribution in [0.1, 0.15) is 12.8 Å². The predicted octanol–water partition coefficient (Wildman–Crippen LogP) is 1.86. The highest BCUT2D eigenvalue weighted by Gasteiger charge is 2.24. The third kappa shape index (κ3) is 3.11. The Morgan fingerprint density at radius 2 is 1.96 bits per heavy atom. The van der Waals surface area contributed by atoms with Crippen LogP contribution >= 0.6 is 0 Å². The molecule has 0 saturated carbocycles. The van der Waals surface area contributed by atoms with Crippen LogP contribution in [-0.2, 0) is 21.3 Å². The number of hydrogen-bond acceptors (Lipinski definition) is 5. The number of ether oxygens (including phenoxy) is 2. The van der Waals surface area contributed by atoms with E-state index in [1.54, 1.807) is 10.9 Å². The van der Waals surface area contributed by atoms with E-state index in [0.717, 1.165) is 42.9 Å². The molecule has 24 heavy (non-hydrogen) atoms. The monoisotopic (exact) mass is 349 g/mol. The van der Waals surface area contributed by atoms with E-state index >= 15 is 0 Å². The van der Waals surface area contributed by atoms with Crippen molar-refractivity contribution in [1.29, 1.82) is 0 Å². The number of sulfonamides is 1. The van der Waals surface area contributed by atoms with E-state index < -0.39 is 10.0 Å². The first-order valence-electron chi connectivity index (χ1n) is 8.02. The summed E-state index contributed by atoms with van der Waals surface area (Å²) in [6.45, 7) is 1.85. The van der Waals surface area contributed by atoms with Gasteiger partial charge in [-0.15, -0.1) is 0 Å². The van der Waals surface area contributed by atoms with Crippen molar-refractivity contribution in [2.75, 3.05) is 23.7 Å². The first kappa shape index (κ1) is 15.5. The minimum atomic E-state index is -3.27. The molecule has 0 atom stereocenters. The average Bonchev–Trinajstić information content (AvgIpc) is 2.98. The van der Waals surface area contributed by atoms with Crippen LogP contribution in [0, 0.1) is 0 Å². The topological polar surface area (TPSA) is 82.5 Å². The van der Waals surface area contributed by atoms with Gasteiger partial charge in [-0.2, -0.15) is 5.10 Å². The van der Waals surface area contributed by atoms with Gasteiger partial charge < -0.3 is 9.47 Å². The standard InChI is InChI=1S/C16H19N3O4S/c20-24(21)10-7-19-16(18-24)15(11-17-19)12-1-3-13(4-2-12)23-14-5-8-22-9-6-14/h1-4,11,14,18H,5-10H2. The van der Waals surface area contributed by atoms with E-state index in [0.29, 0.717) is 12.4 Å². The summed E-state index contributed by atoms with van der Waals surface area (Å²) in [5.41, 5.74) is 1.68. The molecule has 0 spiro atoms. The van der Waals surface area contributed by atoms with Gasteiger partial charge in [-0.05, 0) is 17.7 Å². The second-order valence-electron chi connectivity index (χ2n) is 6.00. The van der Waals surface area contributed by atoms with Crippen LogP contribution in [0.25, 0.3) is 11.1 Å². The fourth-order valence-electron chi connectivity index (χ4n) is 2.98. The van der Waals surface area contributed by atoms with Crippen LogP contribution in [0.4, 0.5) is 5.82 Å². The van der Waals surface area contributed by atoms with Gasteiger partial charge in [0.05, 0.1) is 31.7 Å². The van der Waals surface area contributed by atoms with Crippen molar-refractivity contribution < 1.29 is 17.9 Å². The van der Waals surface area contributed by atoms with Gasteiger partial charge in [0, 0.05) is 18.4 Å². The lowest BCUT2D eigenvalue weighted by Gasteiger charge is -2.23. The summed E-state index contributed by atoms with van der Waals surface area (Å²) in [6.07, 6.45) is 3.69. The third-order valence-corrected chi connectivity index (χ3v) is 5.52. The maximum Gasteiger partial charge on any atom is 0.235 e. The summed E-state index contributed by atoms with van der Waals surface area (Å²) < 4.78 is 39.1. The minimum Gasteiger partial charge on any atom is -0.490 e. The Kier molecular flexibility index (Phi) is 3.93. The second kappa shape index (κ2) is 6.10. The molecule has 2 aliphatic rings. The zero-order valence-corrected chi connectivity index (χ0v) is 14.0. The molecule has 0 unspecified atom stereocenters. The summed E-state index contributed by atoms with van der Waals surface area (Å²) >= 11 is 0. The first-order valence-corrected chi connectivity index (χ1v) is 9.67. The average molecular weight is 349 g/mol. The van der Waals surface area contributed by atoms with E-state index in [4.69, 9.17) is 9.47 Å². The highest BCUT2D eigenvalue weighted by atomic mass is 32.2. The molecule has 2 aliphatic heterocycles. The molecule has 0 radical (unpaired) electrons. The largest absolute Gasteiger partial charge is 0.490 e. The zero-order chi connectivity index (χ0) is 16.6. The number of nitrogens with zero attached hydrogens (tertiary/aromatic N) is 2. The van der Waals surface area contributed by atoms with Crippen LogP contribution < -0.4 is 9.46 Å². The van der Waals surface area contributed by atoms with Crippen molar-refractivity contribution in [1.82, 2.24) is 9.78 Å². The predicted molar refractivity (Wildman–Crippen MR) is 89.5 cm³/mol. The molecule has 1 aromatic heterocycles. The Hall–Kier alpha value is -2.06. The van der Waals surface area contributed by atoms with Gasteiger partial charge in [0.15, 0.2) is 0 Å². The highest BCUT2D eigenvalue weighted by molar-refractivity contribution is 7.92. The fraction of sp³-hybridized carbons (Fsp3) is 0.438. The summed E-state index contributed by atoms with van der Waals surface area (Å²) in [5.74, 6) is 1.39. The number of fused-ring (bicyclic) bond motifs is 1. The van der Waals surface area contributed by atoms with Crippen molar-refractivity contribution in [3.8, 4) is 16.9 Å². The summed E-state index contributed by atoms with van der Waals surface area (Å²) in [6, 6.07) is 7.67. The molecule has 4 rings (SSSR count). The normalized spacial score (nSPS) is 20.2. The molecular formula is C16H19N3O4S. The molecule has 3 heterocycles. The van der Waals surface area contributed by atoms with Crippen LogP contribution in [0.3, 0.4) is 0 Å². The number of benzene rings is 1. The van der Waals surface area contributed by atoms with Gasteiger partial charge >= 0.3 is 0 Å². The molecule has 128 valence electrons. The molecule has 0 bridgehead atoms. The Morgan fingerprint density at radius 3 is 2.71 bits per heavy atom. The van der Waals surface area contributed by atoms with E-state index in [-0.39, 0.29) is 11.9 Å². The van der Waals surface area contributed by atoms with Gasteiger partial charge in [0.1, 0.15) is 17.7 Å². The molecule has 2 aromatic rings. The van der Waals surface area contributed by atoms with Crippen LogP contribution in [0.5, 0.6) is 5.75 Å². The second-order valence-corrected chi connectivity index (χ2v) is 7.85. The van der Waals surface area contributed by atoms with Crippen molar-refractivity contribution in [2.24, 2.45) is 0 Å². The van der Waals surface area contributed by atoms with Crippen LogP contribution in [0.15, 0.2) is 30.5 Å². The summed E-state index contributed by atoms with van der Waals surface area (Å²) in [4.78, 5) is 0. The third-order valence-electron chi connectivity index (χ3n) is 4.30. The molecule has 8 heteroatoms. The molecule has 1 N–H and O–H groups in total. The summed E-state index contributed by atoms with van der Waals surface area (Å²) in [7, 11) is -3.27. The summed E-state index contributed by atoms with van der Waals surface area (Å²) in [5, 5.41) is 4.26. The Bertz CT molecular complexity index is 824. The van der Waals surface area contributed by atoms with Gasteiger partial charge in [0.2, 0.25) is 10.0 Å². The van der Waals surface area contributed by atoms with Gasteiger partial charge in [-0.1, -0.05) is 12.1 Å². The smallest absolute Gasteiger partial charge is 0.235 e. The van der Waals surface area contributed by atoms with Crippen molar-refractivity contribution >= 4 is 15.8 Å². The maximum absolute atomic E-state index is 11.8. The molecule has 0 amide bonds. The Labute approximate surface area is 140 Å². The number of nitrogens with one attached hydrogen (secondary N) is 1. The lowest BCUT2D eigenvalue weighted by atomic mass is 10.1. The molecule has 0 aliphatic carbocycles. The lowest BCUT2D eigenvalue weighted by Crippen LogP contribution is -2.28. The molecule has 7 nitrogen and oxygen atoms in total. The first-order chi connectivity index (χ1) is 11.6. The number of aryl methyl sites for hydroxylation is 1. The Balaban J connectivity index is 1.54. The van der Waals surface area contributed by atoms with E-state index in [1.807, 2.05) is 24.3 Å². The van der Waals surface area contributed by atoms with Gasteiger partial charge in [-0.25, -0.2) is 13.1 Å². The fourth-order valence-corrected chi connectivity index (χ4v) is 4.00. The van der Waals surface area contributed by atoms with Gasteiger partial charge in [-0.3, -0.25) is 4.72 Å². The highest BCUT2D eigenvalue weighted by Crippen LogP contribution is 2.32. The van der Waals surface area contributed by atoms with Crippen LogP contribution in [-0.4, -0.2) is 43.3 Å². The number of aromatic nitrogens is 2. The van der Waals surface area contributed by atoms with Gasteiger partial charge in [0.25, 0.3) is 0 Å². The lowest BCUT2D eigenvalue weighted by molar-refractivity contribution is 0.0256. The van der Waals surface area contributed by atoms with Crippen molar-refractivity contribution in [2.45, 2.75) is 25.5 Å².